The molecule has 8 heteroatoms. The number of rotatable bonds is 1. The SMILES string of the molecule is CC1=CCOCC1.CC1CN(C)CCO1.CN1CCOC(CO)C1.CN1CCOCC1. The van der Waals surface area contributed by atoms with E-state index in [0.717, 1.165) is 85.3 Å². The zero-order chi connectivity index (χ0) is 22.9. The van der Waals surface area contributed by atoms with Crippen LogP contribution in [0.4, 0.5) is 0 Å². The Morgan fingerprint density at radius 1 is 0.839 bits per heavy atom. The van der Waals surface area contributed by atoms with E-state index in [9.17, 15) is 0 Å². The van der Waals surface area contributed by atoms with Gasteiger partial charge in [0.1, 0.15) is 0 Å². The zero-order valence-electron chi connectivity index (χ0n) is 20.6. The van der Waals surface area contributed by atoms with E-state index in [0.29, 0.717) is 6.10 Å². The van der Waals surface area contributed by atoms with Gasteiger partial charge in [-0.25, -0.2) is 0 Å². The topological polar surface area (TPSA) is 66.9 Å². The van der Waals surface area contributed by atoms with Crippen LogP contribution in [-0.4, -0.2) is 139 Å². The van der Waals surface area contributed by atoms with Crippen molar-refractivity contribution in [2.75, 3.05) is 107 Å². The maximum Gasteiger partial charge on any atom is 0.0932 e. The van der Waals surface area contributed by atoms with E-state index in [2.05, 4.69) is 48.7 Å². The fourth-order valence-electron chi connectivity index (χ4n) is 3.24. The van der Waals surface area contributed by atoms with Crippen LogP contribution in [0.3, 0.4) is 0 Å². The zero-order valence-corrected chi connectivity index (χ0v) is 20.6. The van der Waals surface area contributed by atoms with E-state index >= 15 is 0 Å². The van der Waals surface area contributed by atoms with E-state index in [-0.39, 0.29) is 12.7 Å². The summed E-state index contributed by atoms with van der Waals surface area (Å²) in [5.41, 5.74) is 1.46. The maximum absolute atomic E-state index is 8.66. The van der Waals surface area contributed by atoms with Gasteiger partial charge in [-0.1, -0.05) is 11.6 Å². The molecule has 3 saturated heterocycles. The van der Waals surface area contributed by atoms with E-state index in [1.54, 1.807) is 0 Å². The van der Waals surface area contributed by atoms with Gasteiger partial charge in [0.05, 0.1) is 58.5 Å². The van der Waals surface area contributed by atoms with Crippen molar-refractivity contribution >= 4 is 0 Å². The average Bonchev–Trinajstić information content (AvgIpc) is 2.76. The first-order chi connectivity index (χ1) is 14.9. The van der Waals surface area contributed by atoms with Gasteiger partial charge in [0.25, 0.3) is 0 Å². The Morgan fingerprint density at radius 2 is 1.45 bits per heavy atom. The molecule has 4 rings (SSSR count). The number of likely N-dealkylation sites (N-methyl/N-ethyl adjacent to an activating group) is 3. The van der Waals surface area contributed by atoms with Crippen LogP contribution < -0.4 is 0 Å². The van der Waals surface area contributed by atoms with Gasteiger partial charge in [-0.15, -0.1) is 0 Å². The number of hydrogen-bond donors (Lipinski definition) is 1. The summed E-state index contributed by atoms with van der Waals surface area (Å²) in [5, 5.41) is 8.66. The molecule has 0 radical (unpaired) electrons. The third kappa shape index (κ3) is 15.8. The summed E-state index contributed by atoms with van der Waals surface area (Å²) in [6.07, 6.45) is 3.74. The predicted molar refractivity (Wildman–Crippen MR) is 125 cm³/mol. The molecule has 1 N–H and O–H groups in total. The van der Waals surface area contributed by atoms with Crippen molar-refractivity contribution in [3.8, 4) is 0 Å². The lowest BCUT2D eigenvalue weighted by Gasteiger charge is -2.28. The normalized spacial score (nSPS) is 28.0. The van der Waals surface area contributed by atoms with E-state index in [1.807, 2.05) is 7.05 Å². The first-order valence-corrected chi connectivity index (χ1v) is 11.6. The van der Waals surface area contributed by atoms with Crippen molar-refractivity contribution in [1.82, 2.24) is 14.7 Å². The lowest BCUT2D eigenvalue weighted by atomic mass is 10.2. The third-order valence-corrected chi connectivity index (χ3v) is 5.41. The summed E-state index contributed by atoms with van der Waals surface area (Å²) in [6, 6.07) is 0. The fraction of sp³-hybridized carbons (Fsp3) is 0.913. The molecule has 8 nitrogen and oxygen atoms in total. The lowest BCUT2D eigenvalue weighted by Crippen LogP contribution is -2.41. The van der Waals surface area contributed by atoms with E-state index in [1.165, 1.54) is 5.57 Å². The highest BCUT2D eigenvalue weighted by molar-refractivity contribution is 4.99. The number of hydrogen-bond acceptors (Lipinski definition) is 8. The number of aliphatic hydroxyl groups excluding tert-OH is 1. The molecule has 0 amide bonds. The molecule has 0 saturated carbocycles. The van der Waals surface area contributed by atoms with Crippen LogP contribution in [0.5, 0.6) is 0 Å². The van der Waals surface area contributed by atoms with Gasteiger partial charge in [0, 0.05) is 39.3 Å². The molecule has 0 aliphatic carbocycles. The van der Waals surface area contributed by atoms with Crippen LogP contribution in [0, 0.1) is 0 Å². The molecule has 2 atom stereocenters. The molecule has 0 aromatic carbocycles. The van der Waals surface area contributed by atoms with E-state index < -0.39 is 0 Å². The molecule has 184 valence electrons. The van der Waals surface area contributed by atoms with Crippen LogP contribution in [0.1, 0.15) is 20.3 Å². The number of ether oxygens (including phenoxy) is 4. The van der Waals surface area contributed by atoms with Gasteiger partial charge >= 0.3 is 0 Å². The first-order valence-electron chi connectivity index (χ1n) is 11.6. The Labute approximate surface area is 190 Å². The van der Waals surface area contributed by atoms with Gasteiger partial charge in [-0.05, 0) is 41.4 Å². The Hall–Kier alpha value is -0.580. The minimum atomic E-state index is 0.0451. The molecular weight excluding hydrogens is 398 g/mol. The minimum absolute atomic E-state index is 0.0451. The summed E-state index contributed by atoms with van der Waals surface area (Å²) >= 11 is 0. The Morgan fingerprint density at radius 3 is 1.77 bits per heavy atom. The van der Waals surface area contributed by atoms with Gasteiger partial charge < -0.3 is 38.8 Å². The second-order valence-corrected chi connectivity index (χ2v) is 8.67. The standard InChI is InChI=1S/C6H13NO2.C6H13NO.C6H10O.C5H11NO/c1-7-2-3-9-6(4-7)5-8;1-6-5-7(2)3-4-8-6;2*1-6-2-4-7-5-3-6/h6,8H,2-5H2,1H3;6H,3-5H2,1-2H3;2H,3-5H2,1H3;2-5H2,1H3. The predicted octanol–water partition coefficient (Wildman–Crippen LogP) is 0.948. The highest BCUT2D eigenvalue weighted by Crippen LogP contribution is 2.04. The third-order valence-electron chi connectivity index (χ3n) is 5.41. The number of aliphatic hydroxyl groups is 1. The average molecular weight is 446 g/mol. The molecular formula is C23H47N3O5. The summed E-state index contributed by atoms with van der Waals surface area (Å²) < 4.78 is 20.7. The van der Waals surface area contributed by atoms with Gasteiger partial charge in [0.15, 0.2) is 0 Å². The van der Waals surface area contributed by atoms with E-state index in [4.69, 9.17) is 24.1 Å². The van der Waals surface area contributed by atoms with Crippen LogP contribution >= 0.6 is 0 Å². The summed E-state index contributed by atoms with van der Waals surface area (Å²) in [6.45, 7) is 15.8. The quantitative estimate of drug-likeness (QED) is 0.599. The molecule has 3 fully saturated rings. The van der Waals surface area contributed by atoms with Crippen molar-refractivity contribution in [2.24, 2.45) is 0 Å². The monoisotopic (exact) mass is 445 g/mol. The largest absolute Gasteiger partial charge is 0.394 e. The molecule has 2 unspecified atom stereocenters. The number of morpholine rings is 3. The van der Waals surface area contributed by atoms with Crippen molar-refractivity contribution < 1.29 is 24.1 Å². The Kier molecular flexibility index (Phi) is 16.4. The second-order valence-electron chi connectivity index (χ2n) is 8.67. The van der Waals surface area contributed by atoms with Crippen molar-refractivity contribution in [3.05, 3.63) is 11.6 Å². The molecule has 0 aromatic rings. The summed E-state index contributed by atoms with van der Waals surface area (Å²) in [7, 11) is 6.27. The second kappa shape index (κ2) is 17.9. The van der Waals surface area contributed by atoms with Crippen LogP contribution in [0.15, 0.2) is 11.6 Å². The Balaban J connectivity index is 0.000000208. The fourth-order valence-corrected chi connectivity index (χ4v) is 3.24. The van der Waals surface area contributed by atoms with Gasteiger partial charge in [-0.3, -0.25) is 0 Å². The molecule has 0 spiro atoms. The summed E-state index contributed by atoms with van der Waals surface area (Å²) in [5.74, 6) is 0. The lowest BCUT2D eigenvalue weighted by molar-refractivity contribution is -0.0453. The molecule has 4 heterocycles. The van der Waals surface area contributed by atoms with Crippen LogP contribution in [0.2, 0.25) is 0 Å². The van der Waals surface area contributed by atoms with Crippen molar-refractivity contribution in [3.63, 3.8) is 0 Å². The first kappa shape index (κ1) is 28.5. The highest BCUT2D eigenvalue weighted by Gasteiger charge is 2.15. The molecule has 31 heavy (non-hydrogen) atoms. The maximum atomic E-state index is 8.66. The van der Waals surface area contributed by atoms with Gasteiger partial charge in [0.2, 0.25) is 0 Å². The van der Waals surface area contributed by atoms with Crippen LogP contribution in [0.25, 0.3) is 0 Å². The van der Waals surface area contributed by atoms with Crippen molar-refractivity contribution in [2.45, 2.75) is 32.5 Å². The molecule has 0 bridgehead atoms. The Bertz CT molecular complexity index is 452. The number of nitrogens with zero attached hydrogens (tertiary/aromatic N) is 3. The molecule has 0 aromatic heterocycles. The molecule has 4 aliphatic rings. The highest BCUT2D eigenvalue weighted by atomic mass is 16.5. The van der Waals surface area contributed by atoms with Gasteiger partial charge in [-0.2, -0.15) is 0 Å². The van der Waals surface area contributed by atoms with Crippen molar-refractivity contribution in [1.29, 1.82) is 0 Å². The minimum Gasteiger partial charge on any atom is -0.394 e. The summed E-state index contributed by atoms with van der Waals surface area (Å²) in [4.78, 5) is 6.71. The van der Waals surface area contributed by atoms with Crippen LogP contribution in [-0.2, 0) is 18.9 Å². The smallest absolute Gasteiger partial charge is 0.0932 e. The molecule has 4 aliphatic heterocycles.